The minimum atomic E-state index is -0.267. The SMILES string of the molecule is Cc1ccc(OCc2cc(F)ccc2CN)c(C)c1. The normalized spacial score (nSPS) is 10.5. The van der Waals surface area contributed by atoms with Gasteiger partial charge in [0.15, 0.2) is 0 Å². The summed E-state index contributed by atoms with van der Waals surface area (Å²) in [5, 5.41) is 0. The van der Waals surface area contributed by atoms with Gasteiger partial charge in [0.1, 0.15) is 18.2 Å². The van der Waals surface area contributed by atoms with Gasteiger partial charge in [0.2, 0.25) is 0 Å². The Morgan fingerprint density at radius 1 is 1.05 bits per heavy atom. The predicted molar refractivity (Wildman–Crippen MR) is 74.5 cm³/mol. The molecule has 0 fully saturated rings. The molecule has 0 unspecified atom stereocenters. The molecule has 19 heavy (non-hydrogen) atoms. The van der Waals surface area contributed by atoms with Crippen LogP contribution in [0.15, 0.2) is 36.4 Å². The van der Waals surface area contributed by atoms with Gasteiger partial charge in [-0.05, 0) is 48.7 Å². The number of nitrogens with two attached hydrogens (primary N) is 1. The van der Waals surface area contributed by atoms with Crippen LogP contribution in [0.25, 0.3) is 0 Å². The summed E-state index contributed by atoms with van der Waals surface area (Å²) in [5.41, 5.74) is 9.61. The average molecular weight is 259 g/mol. The first-order chi connectivity index (χ1) is 9.10. The molecule has 3 heteroatoms. The highest BCUT2D eigenvalue weighted by Gasteiger charge is 2.05. The molecule has 2 aromatic rings. The molecule has 0 bridgehead atoms. The number of hydrogen-bond donors (Lipinski definition) is 1. The first-order valence-corrected chi connectivity index (χ1v) is 6.27. The van der Waals surface area contributed by atoms with E-state index in [4.69, 9.17) is 10.5 Å². The summed E-state index contributed by atoms with van der Waals surface area (Å²) in [5.74, 6) is 0.550. The van der Waals surface area contributed by atoms with Gasteiger partial charge >= 0.3 is 0 Å². The molecule has 2 rings (SSSR count). The summed E-state index contributed by atoms with van der Waals surface area (Å²) in [6, 6.07) is 10.6. The van der Waals surface area contributed by atoms with E-state index in [9.17, 15) is 4.39 Å². The van der Waals surface area contributed by atoms with Crippen LogP contribution < -0.4 is 10.5 Å². The third-order valence-corrected chi connectivity index (χ3v) is 3.10. The summed E-state index contributed by atoms with van der Waals surface area (Å²) < 4.78 is 19.0. The molecule has 0 saturated carbocycles. The number of aryl methyl sites for hydroxylation is 2. The quantitative estimate of drug-likeness (QED) is 0.912. The maximum Gasteiger partial charge on any atom is 0.123 e. The molecular formula is C16H18FNO. The zero-order chi connectivity index (χ0) is 13.8. The van der Waals surface area contributed by atoms with Crippen molar-refractivity contribution in [3.63, 3.8) is 0 Å². The van der Waals surface area contributed by atoms with Crippen LogP contribution in [0.2, 0.25) is 0 Å². The third kappa shape index (κ3) is 3.32. The number of ether oxygens (including phenoxy) is 1. The Morgan fingerprint density at radius 3 is 2.53 bits per heavy atom. The van der Waals surface area contributed by atoms with Gasteiger partial charge < -0.3 is 10.5 Å². The van der Waals surface area contributed by atoms with Crippen molar-refractivity contribution in [1.29, 1.82) is 0 Å². The first-order valence-electron chi connectivity index (χ1n) is 6.27. The molecule has 0 aromatic heterocycles. The fraction of sp³-hybridized carbons (Fsp3) is 0.250. The van der Waals surface area contributed by atoms with Gasteiger partial charge in [-0.1, -0.05) is 23.8 Å². The van der Waals surface area contributed by atoms with E-state index in [0.717, 1.165) is 22.4 Å². The standard InChI is InChI=1S/C16H18FNO/c1-11-3-6-16(12(2)7-11)19-10-14-8-15(17)5-4-13(14)9-18/h3-8H,9-10,18H2,1-2H3. The lowest BCUT2D eigenvalue weighted by molar-refractivity contribution is 0.302. The van der Waals surface area contributed by atoms with Crippen molar-refractivity contribution in [2.45, 2.75) is 27.0 Å². The molecule has 2 aromatic carbocycles. The van der Waals surface area contributed by atoms with Crippen molar-refractivity contribution >= 4 is 0 Å². The van der Waals surface area contributed by atoms with E-state index in [-0.39, 0.29) is 5.82 Å². The van der Waals surface area contributed by atoms with Crippen LogP contribution in [0.1, 0.15) is 22.3 Å². The van der Waals surface area contributed by atoms with Gasteiger partial charge in [-0.2, -0.15) is 0 Å². The van der Waals surface area contributed by atoms with Crippen molar-refractivity contribution in [2.24, 2.45) is 5.73 Å². The van der Waals surface area contributed by atoms with E-state index >= 15 is 0 Å². The Balaban J connectivity index is 2.16. The zero-order valence-electron chi connectivity index (χ0n) is 11.2. The molecule has 0 spiro atoms. The minimum Gasteiger partial charge on any atom is -0.489 e. The van der Waals surface area contributed by atoms with E-state index in [1.54, 1.807) is 6.07 Å². The lowest BCUT2D eigenvalue weighted by Gasteiger charge is -2.12. The van der Waals surface area contributed by atoms with E-state index in [2.05, 4.69) is 6.07 Å². The molecule has 0 aliphatic heterocycles. The van der Waals surface area contributed by atoms with Crippen LogP contribution in [-0.2, 0) is 13.2 Å². The Hall–Kier alpha value is -1.87. The van der Waals surface area contributed by atoms with Crippen molar-refractivity contribution in [1.82, 2.24) is 0 Å². The van der Waals surface area contributed by atoms with Crippen LogP contribution in [0, 0.1) is 19.7 Å². The van der Waals surface area contributed by atoms with E-state index in [1.165, 1.54) is 17.7 Å². The van der Waals surface area contributed by atoms with Gasteiger partial charge in [0.05, 0.1) is 0 Å². The van der Waals surface area contributed by atoms with Crippen LogP contribution in [-0.4, -0.2) is 0 Å². The molecule has 2 nitrogen and oxygen atoms in total. The topological polar surface area (TPSA) is 35.2 Å². The lowest BCUT2D eigenvalue weighted by Crippen LogP contribution is -2.05. The highest BCUT2D eigenvalue weighted by molar-refractivity contribution is 5.36. The van der Waals surface area contributed by atoms with Crippen molar-refractivity contribution in [2.75, 3.05) is 0 Å². The average Bonchev–Trinajstić information content (AvgIpc) is 2.38. The van der Waals surface area contributed by atoms with Crippen LogP contribution in [0.5, 0.6) is 5.75 Å². The van der Waals surface area contributed by atoms with Gasteiger partial charge in [-0.3, -0.25) is 0 Å². The van der Waals surface area contributed by atoms with Crippen molar-refractivity contribution < 1.29 is 9.13 Å². The molecule has 0 heterocycles. The second kappa shape index (κ2) is 5.85. The van der Waals surface area contributed by atoms with Gasteiger partial charge in [-0.25, -0.2) is 4.39 Å². The maximum absolute atomic E-state index is 13.2. The van der Waals surface area contributed by atoms with E-state index in [0.29, 0.717) is 13.2 Å². The summed E-state index contributed by atoms with van der Waals surface area (Å²) in [4.78, 5) is 0. The largest absolute Gasteiger partial charge is 0.489 e. The highest BCUT2D eigenvalue weighted by atomic mass is 19.1. The predicted octanol–water partition coefficient (Wildman–Crippen LogP) is 3.48. The van der Waals surface area contributed by atoms with E-state index < -0.39 is 0 Å². The second-order valence-electron chi connectivity index (χ2n) is 4.67. The smallest absolute Gasteiger partial charge is 0.123 e. The molecule has 0 atom stereocenters. The zero-order valence-corrected chi connectivity index (χ0v) is 11.2. The highest BCUT2D eigenvalue weighted by Crippen LogP contribution is 2.21. The number of rotatable bonds is 4. The first kappa shape index (κ1) is 13.6. The molecule has 0 amide bonds. The molecule has 100 valence electrons. The van der Waals surface area contributed by atoms with Gasteiger partial charge in [-0.15, -0.1) is 0 Å². The molecular weight excluding hydrogens is 241 g/mol. The molecule has 0 saturated heterocycles. The summed E-state index contributed by atoms with van der Waals surface area (Å²) in [6.45, 7) is 4.74. The number of halogens is 1. The summed E-state index contributed by atoms with van der Waals surface area (Å²) >= 11 is 0. The lowest BCUT2D eigenvalue weighted by atomic mass is 10.1. The van der Waals surface area contributed by atoms with Crippen molar-refractivity contribution in [3.05, 3.63) is 64.5 Å². The Kier molecular flexibility index (Phi) is 4.17. The number of hydrogen-bond acceptors (Lipinski definition) is 2. The Morgan fingerprint density at radius 2 is 1.84 bits per heavy atom. The summed E-state index contributed by atoms with van der Waals surface area (Å²) in [7, 11) is 0. The van der Waals surface area contributed by atoms with E-state index in [1.807, 2.05) is 26.0 Å². The Bertz CT molecular complexity index is 581. The fourth-order valence-corrected chi connectivity index (χ4v) is 2.04. The summed E-state index contributed by atoms with van der Waals surface area (Å²) in [6.07, 6.45) is 0. The van der Waals surface area contributed by atoms with Crippen LogP contribution >= 0.6 is 0 Å². The molecule has 0 aliphatic rings. The molecule has 0 aliphatic carbocycles. The minimum absolute atomic E-state index is 0.267. The van der Waals surface area contributed by atoms with Crippen LogP contribution in [0.4, 0.5) is 4.39 Å². The van der Waals surface area contributed by atoms with Gasteiger partial charge in [0.25, 0.3) is 0 Å². The van der Waals surface area contributed by atoms with Gasteiger partial charge in [0, 0.05) is 6.54 Å². The molecule has 2 N–H and O–H groups in total. The monoisotopic (exact) mass is 259 g/mol. The second-order valence-corrected chi connectivity index (χ2v) is 4.67. The fourth-order valence-electron chi connectivity index (χ4n) is 2.04. The molecule has 0 radical (unpaired) electrons. The van der Waals surface area contributed by atoms with Crippen molar-refractivity contribution in [3.8, 4) is 5.75 Å². The maximum atomic E-state index is 13.2. The van der Waals surface area contributed by atoms with Crippen LogP contribution in [0.3, 0.4) is 0 Å². The Labute approximate surface area is 113 Å². The third-order valence-electron chi connectivity index (χ3n) is 3.10. The number of benzene rings is 2.